The molecule has 0 bridgehead atoms. The number of nitrogens with zero attached hydrogens (tertiary/aromatic N) is 2. The topological polar surface area (TPSA) is 52.1 Å². The van der Waals surface area contributed by atoms with Crippen LogP contribution in [0.3, 0.4) is 0 Å². The molecule has 26 heavy (non-hydrogen) atoms. The lowest BCUT2D eigenvalue weighted by Gasteiger charge is -2.18. The third-order valence-electron chi connectivity index (χ3n) is 3.52. The van der Waals surface area contributed by atoms with E-state index in [9.17, 15) is 18.0 Å². The lowest BCUT2D eigenvalue weighted by atomic mass is 10.2. The van der Waals surface area contributed by atoms with E-state index in [-0.39, 0.29) is 11.4 Å². The number of carbonyl (C=O) groups is 1. The summed E-state index contributed by atoms with van der Waals surface area (Å²) in [4.78, 5) is 20.1. The van der Waals surface area contributed by atoms with Crippen LogP contribution in [0.15, 0.2) is 29.6 Å². The van der Waals surface area contributed by atoms with Crippen molar-refractivity contribution in [3.05, 3.63) is 45.4 Å². The second kappa shape index (κ2) is 7.71. The van der Waals surface area contributed by atoms with Crippen molar-refractivity contribution >= 4 is 38.9 Å². The van der Waals surface area contributed by atoms with E-state index in [1.54, 1.807) is 6.92 Å². The van der Waals surface area contributed by atoms with Crippen LogP contribution in [0.4, 0.5) is 13.2 Å². The number of aromatic nitrogens is 2. The summed E-state index contributed by atoms with van der Waals surface area (Å²) >= 11 is 2.35. The fraction of sp³-hybridized carbons (Fsp3) is 0.353. The number of alkyl halides is 3. The van der Waals surface area contributed by atoms with Gasteiger partial charge in [-0.3, -0.25) is 4.79 Å². The first-order valence-corrected chi connectivity index (χ1v) is 9.55. The summed E-state index contributed by atoms with van der Waals surface area (Å²) < 4.78 is 45.2. The van der Waals surface area contributed by atoms with Crippen LogP contribution in [0.1, 0.15) is 34.7 Å². The van der Waals surface area contributed by atoms with E-state index in [0.29, 0.717) is 18.5 Å². The predicted octanol–water partition coefficient (Wildman–Crippen LogP) is 5.23. The molecule has 3 aromatic rings. The van der Waals surface area contributed by atoms with E-state index < -0.39 is 18.2 Å². The molecular formula is C17H15F3N2O2S2. The van der Waals surface area contributed by atoms with Crippen LogP contribution >= 0.6 is 22.7 Å². The summed E-state index contributed by atoms with van der Waals surface area (Å²) in [6.07, 6.45) is -6.21. The highest BCUT2D eigenvalue weighted by Gasteiger charge is 2.45. The number of rotatable bonds is 6. The maximum atomic E-state index is 13.2. The Kier molecular flexibility index (Phi) is 5.57. The van der Waals surface area contributed by atoms with Crippen LogP contribution in [0.25, 0.3) is 10.2 Å². The summed E-state index contributed by atoms with van der Waals surface area (Å²) in [6, 6.07) is 7.66. The highest BCUT2D eigenvalue weighted by Crippen LogP contribution is 2.37. The zero-order valence-corrected chi connectivity index (χ0v) is 15.4. The number of fused-ring (bicyclic) bond motifs is 1. The molecule has 0 aliphatic heterocycles. The Bertz CT molecular complexity index is 872. The minimum atomic E-state index is -4.69. The second-order valence-corrected chi connectivity index (χ2v) is 7.67. The Morgan fingerprint density at radius 1 is 1.27 bits per heavy atom. The Labute approximate surface area is 155 Å². The van der Waals surface area contributed by atoms with Crippen LogP contribution in [-0.2, 0) is 16.0 Å². The molecule has 0 N–H and O–H groups in total. The molecule has 0 spiro atoms. The predicted molar refractivity (Wildman–Crippen MR) is 94.3 cm³/mol. The summed E-state index contributed by atoms with van der Waals surface area (Å²) in [6.45, 7) is 1.59. The van der Waals surface area contributed by atoms with Gasteiger partial charge < -0.3 is 4.74 Å². The van der Waals surface area contributed by atoms with Gasteiger partial charge in [-0.15, -0.1) is 22.7 Å². The van der Waals surface area contributed by atoms with Gasteiger partial charge >= 0.3 is 12.1 Å². The van der Waals surface area contributed by atoms with Crippen molar-refractivity contribution in [2.45, 2.75) is 38.5 Å². The molecule has 0 saturated carbocycles. The van der Waals surface area contributed by atoms with Gasteiger partial charge in [-0.25, -0.2) is 9.97 Å². The van der Waals surface area contributed by atoms with Crippen LogP contribution in [0.5, 0.6) is 0 Å². The molecule has 0 fully saturated rings. The zero-order valence-electron chi connectivity index (χ0n) is 13.7. The summed E-state index contributed by atoms with van der Waals surface area (Å²) in [5.74, 6) is -0.888. The minimum absolute atomic E-state index is 0.104. The second-order valence-electron chi connectivity index (χ2n) is 5.67. The zero-order chi connectivity index (χ0) is 18.7. The largest absolute Gasteiger partial charge is 0.445 e. The fourth-order valence-corrected chi connectivity index (χ4v) is 4.21. The highest BCUT2D eigenvalue weighted by atomic mass is 32.1. The molecule has 1 aromatic carbocycles. The van der Waals surface area contributed by atoms with Crippen molar-refractivity contribution in [1.82, 2.24) is 9.97 Å². The summed E-state index contributed by atoms with van der Waals surface area (Å²) in [5, 5.41) is 2.09. The monoisotopic (exact) mass is 400 g/mol. The Morgan fingerprint density at radius 3 is 2.69 bits per heavy atom. The normalized spacial score (nSPS) is 13.1. The van der Waals surface area contributed by atoms with Crippen molar-refractivity contribution in [3.63, 3.8) is 0 Å². The molecule has 1 atom stereocenters. The van der Waals surface area contributed by atoms with E-state index in [1.165, 1.54) is 16.7 Å². The van der Waals surface area contributed by atoms with Crippen molar-refractivity contribution < 1.29 is 22.7 Å². The average molecular weight is 400 g/mol. The minimum Gasteiger partial charge on any atom is -0.445 e. The molecular weight excluding hydrogens is 385 g/mol. The first-order valence-electron chi connectivity index (χ1n) is 7.85. The number of esters is 1. The molecule has 2 heterocycles. The van der Waals surface area contributed by atoms with E-state index in [4.69, 9.17) is 0 Å². The maximum absolute atomic E-state index is 13.2. The van der Waals surface area contributed by atoms with Crippen LogP contribution in [-0.4, -0.2) is 22.1 Å². The van der Waals surface area contributed by atoms with Gasteiger partial charge in [0.15, 0.2) is 0 Å². The quantitative estimate of drug-likeness (QED) is 0.532. The molecule has 0 amide bonds. The smallest absolute Gasteiger partial charge is 0.432 e. The van der Waals surface area contributed by atoms with Gasteiger partial charge in [0.2, 0.25) is 6.10 Å². The number of para-hydroxylation sites is 1. The molecule has 4 nitrogen and oxygen atoms in total. The van der Waals surface area contributed by atoms with Crippen molar-refractivity contribution in [1.29, 1.82) is 0 Å². The van der Waals surface area contributed by atoms with E-state index in [0.717, 1.165) is 26.6 Å². The van der Waals surface area contributed by atoms with E-state index >= 15 is 0 Å². The van der Waals surface area contributed by atoms with Gasteiger partial charge in [-0.05, 0) is 31.9 Å². The first-order chi connectivity index (χ1) is 12.3. The number of halogens is 3. The number of thiazole rings is 2. The fourth-order valence-electron chi connectivity index (χ4n) is 2.35. The van der Waals surface area contributed by atoms with Crippen LogP contribution in [0.2, 0.25) is 0 Å². The molecule has 3 rings (SSSR count). The molecule has 0 aliphatic rings. The molecule has 138 valence electrons. The van der Waals surface area contributed by atoms with E-state index in [2.05, 4.69) is 14.7 Å². The van der Waals surface area contributed by atoms with Gasteiger partial charge in [0.1, 0.15) is 5.01 Å². The lowest BCUT2D eigenvalue weighted by Crippen LogP contribution is -2.26. The molecule has 1 unspecified atom stereocenters. The van der Waals surface area contributed by atoms with Gasteiger partial charge in [0.25, 0.3) is 0 Å². The Hall–Kier alpha value is -2.00. The lowest BCUT2D eigenvalue weighted by molar-refractivity contribution is -0.224. The highest BCUT2D eigenvalue weighted by molar-refractivity contribution is 7.18. The van der Waals surface area contributed by atoms with E-state index in [1.807, 2.05) is 24.3 Å². The van der Waals surface area contributed by atoms with Crippen molar-refractivity contribution in [2.24, 2.45) is 0 Å². The summed E-state index contributed by atoms with van der Waals surface area (Å²) in [7, 11) is 0. The van der Waals surface area contributed by atoms with Crippen molar-refractivity contribution in [2.75, 3.05) is 0 Å². The number of hydrogen-bond donors (Lipinski definition) is 0. The molecule has 0 radical (unpaired) electrons. The van der Waals surface area contributed by atoms with Gasteiger partial charge in [-0.2, -0.15) is 13.2 Å². The average Bonchev–Trinajstić information content (AvgIpc) is 3.17. The Balaban J connectivity index is 1.56. The number of benzene rings is 1. The summed E-state index contributed by atoms with van der Waals surface area (Å²) in [5.41, 5.74) is 1.34. The van der Waals surface area contributed by atoms with Crippen molar-refractivity contribution in [3.8, 4) is 0 Å². The van der Waals surface area contributed by atoms with Gasteiger partial charge in [0.05, 0.1) is 15.2 Å². The number of carbonyl (C=O) groups excluding carboxylic acids is 1. The molecule has 0 saturated heterocycles. The van der Waals surface area contributed by atoms with Gasteiger partial charge in [0, 0.05) is 17.5 Å². The molecule has 0 aliphatic carbocycles. The van der Waals surface area contributed by atoms with Crippen LogP contribution < -0.4 is 0 Å². The van der Waals surface area contributed by atoms with Crippen LogP contribution in [0, 0.1) is 6.92 Å². The molecule has 9 heteroatoms. The number of hydrogen-bond acceptors (Lipinski definition) is 6. The number of ether oxygens (including phenoxy) is 1. The maximum Gasteiger partial charge on any atom is 0.432 e. The third kappa shape index (κ3) is 4.59. The number of aryl methyl sites for hydroxylation is 2. The first kappa shape index (κ1) is 18.8. The molecule has 2 aromatic heterocycles. The Morgan fingerprint density at radius 2 is 2.04 bits per heavy atom. The SMILES string of the molecule is Cc1csc(C(OC(=O)CCCc2nc3ccccc3s2)C(F)(F)F)n1. The standard InChI is InChI=1S/C17H15F3N2O2S2/c1-10-9-25-16(21-10)15(17(18,19)20)24-14(23)8-4-7-13-22-11-5-2-3-6-12(11)26-13/h2-3,5-6,9,15H,4,7-8H2,1H3. The van der Waals surface area contributed by atoms with Gasteiger partial charge in [-0.1, -0.05) is 12.1 Å². The third-order valence-corrected chi connectivity index (χ3v) is 5.62.